The van der Waals surface area contributed by atoms with Crippen molar-refractivity contribution < 1.29 is 24.0 Å². The maximum Gasteiger partial charge on any atom is 0.356 e. The molecule has 2 aromatic heterocycles. The molecule has 1 fully saturated rings. The van der Waals surface area contributed by atoms with Gasteiger partial charge in [-0.15, -0.1) is 33.3 Å². The molecule has 5 aromatic rings. The molecule has 1 saturated heterocycles. The Morgan fingerprint density at radius 2 is 1.59 bits per heavy atom. The van der Waals surface area contributed by atoms with Gasteiger partial charge < -0.3 is 20.2 Å². The van der Waals surface area contributed by atoms with E-state index in [2.05, 4.69) is 67.6 Å². The van der Waals surface area contributed by atoms with E-state index in [9.17, 15) is 14.4 Å². The van der Waals surface area contributed by atoms with E-state index in [-0.39, 0.29) is 17.1 Å². The summed E-state index contributed by atoms with van der Waals surface area (Å²) in [5.74, 6) is -1.34. The predicted octanol–water partition coefficient (Wildman–Crippen LogP) is 5.14. The second kappa shape index (κ2) is 16.3. The summed E-state index contributed by atoms with van der Waals surface area (Å²) >= 11 is 2.69. The van der Waals surface area contributed by atoms with Crippen molar-refractivity contribution in [2.75, 3.05) is 18.2 Å². The van der Waals surface area contributed by atoms with Crippen molar-refractivity contribution in [3.05, 3.63) is 148 Å². The lowest BCUT2D eigenvalue weighted by Gasteiger charge is -2.50. The number of thioether (sulfide) groups is 1. The maximum absolute atomic E-state index is 13.9. The number of benzene rings is 3. The van der Waals surface area contributed by atoms with Gasteiger partial charge >= 0.3 is 5.97 Å². The summed E-state index contributed by atoms with van der Waals surface area (Å²) in [4.78, 5) is 54.6. The largest absolute Gasteiger partial charge is 0.455 e. The third-order valence-electron chi connectivity index (χ3n) is 8.97. The number of β-lactam (4-membered cyclic amide) rings is 1. The maximum atomic E-state index is 13.9. The number of nitrogens with zero attached hydrogens (tertiary/aromatic N) is 7. The van der Waals surface area contributed by atoms with Crippen molar-refractivity contribution >= 4 is 51.7 Å². The van der Waals surface area contributed by atoms with E-state index >= 15 is 0 Å². The average molecular weight is 790 g/mol. The molecule has 3 aromatic carbocycles. The van der Waals surface area contributed by atoms with E-state index in [4.69, 9.17) is 14.6 Å². The predicted molar refractivity (Wildman–Crippen MR) is 213 cm³/mol. The van der Waals surface area contributed by atoms with Gasteiger partial charge in [0.25, 0.3) is 11.8 Å². The van der Waals surface area contributed by atoms with Crippen LogP contribution in [0, 0.1) is 0 Å². The summed E-state index contributed by atoms with van der Waals surface area (Å²) in [5, 5.41) is 24.4. The number of ether oxygens (including phenoxy) is 1. The number of hydrogen-bond acceptors (Lipinski definition) is 13. The molecule has 2 aliphatic heterocycles. The van der Waals surface area contributed by atoms with Crippen molar-refractivity contribution in [1.29, 1.82) is 0 Å². The summed E-state index contributed by atoms with van der Waals surface area (Å²) in [6.07, 6.45) is 4.84. The first kappa shape index (κ1) is 38.2. The van der Waals surface area contributed by atoms with Crippen molar-refractivity contribution in [2.24, 2.45) is 5.16 Å². The van der Waals surface area contributed by atoms with Crippen LogP contribution >= 0.6 is 23.1 Å². The van der Waals surface area contributed by atoms with Gasteiger partial charge in [0.2, 0.25) is 0 Å². The van der Waals surface area contributed by atoms with Crippen LogP contribution in [0.5, 0.6) is 0 Å². The van der Waals surface area contributed by atoms with Crippen LogP contribution in [0.3, 0.4) is 0 Å². The molecule has 14 nitrogen and oxygen atoms in total. The molecular formula is C40H39N9O5S2. The van der Waals surface area contributed by atoms with E-state index in [0.29, 0.717) is 22.3 Å². The first-order chi connectivity index (χ1) is 27.1. The first-order valence-corrected chi connectivity index (χ1v) is 19.6. The van der Waals surface area contributed by atoms with Crippen LogP contribution in [0.2, 0.25) is 0 Å². The summed E-state index contributed by atoms with van der Waals surface area (Å²) in [5.41, 5.74) is 1.57. The number of nitrogens with one attached hydrogen (secondary N) is 2. The smallest absolute Gasteiger partial charge is 0.356 e. The summed E-state index contributed by atoms with van der Waals surface area (Å²) in [6.45, 7) is 5.58. The molecule has 16 heteroatoms. The van der Waals surface area contributed by atoms with Gasteiger partial charge in [0, 0.05) is 16.0 Å². The minimum Gasteiger partial charge on any atom is -0.455 e. The van der Waals surface area contributed by atoms with Gasteiger partial charge in [0.1, 0.15) is 35.7 Å². The van der Waals surface area contributed by atoms with Gasteiger partial charge in [-0.05, 0) is 48.8 Å². The monoisotopic (exact) mass is 789 g/mol. The molecular weight excluding hydrogens is 751 g/mol. The first-order valence-electron chi connectivity index (χ1n) is 17.7. The molecule has 0 bridgehead atoms. The van der Waals surface area contributed by atoms with Crippen molar-refractivity contribution in [3.63, 3.8) is 0 Å². The molecule has 0 radical (unpaired) electrons. The Morgan fingerprint density at radius 1 is 0.964 bits per heavy atom. The quantitative estimate of drug-likeness (QED) is 0.0534. The minimum absolute atomic E-state index is 0.107. The summed E-state index contributed by atoms with van der Waals surface area (Å²) in [6, 6.07) is 28.8. The van der Waals surface area contributed by atoms with Crippen LogP contribution in [-0.2, 0) is 36.0 Å². The van der Waals surface area contributed by atoms with Gasteiger partial charge in [0.15, 0.2) is 17.2 Å². The highest BCUT2D eigenvalue weighted by atomic mass is 32.2. The van der Waals surface area contributed by atoms with Crippen LogP contribution in [0.15, 0.2) is 131 Å². The van der Waals surface area contributed by atoms with Gasteiger partial charge in [0.05, 0.1) is 12.6 Å². The lowest BCUT2D eigenvalue weighted by atomic mass is 9.77. The van der Waals surface area contributed by atoms with Crippen LogP contribution in [0.1, 0.15) is 43.2 Å². The SMILES string of the molecule is CON=C(C(=O)NC1C(=O)N2C(C(=O)OC(C)(C)C)=C(/C=C/Cn3ncnn3)SCC12)c1csc(NC(c2ccccc2)(c2ccccc2)c2ccccc2)n1. The van der Waals surface area contributed by atoms with Gasteiger partial charge in [-0.2, -0.15) is 4.80 Å². The molecule has 0 spiro atoms. The molecule has 0 aliphatic carbocycles. The van der Waals surface area contributed by atoms with Gasteiger partial charge in [-0.3, -0.25) is 14.5 Å². The van der Waals surface area contributed by atoms with E-state index in [1.54, 1.807) is 38.3 Å². The highest BCUT2D eigenvalue weighted by Gasteiger charge is 2.54. The topological polar surface area (TPSA) is 166 Å². The molecule has 56 heavy (non-hydrogen) atoms. The van der Waals surface area contributed by atoms with Crippen LogP contribution in [0.25, 0.3) is 0 Å². The Balaban J connectivity index is 1.14. The van der Waals surface area contributed by atoms with Gasteiger partial charge in [-0.1, -0.05) is 102 Å². The van der Waals surface area contributed by atoms with E-state index in [0.717, 1.165) is 16.7 Å². The fourth-order valence-corrected chi connectivity index (χ4v) is 8.53. The molecule has 2 aliphatic rings. The molecule has 286 valence electrons. The minimum atomic E-state index is -0.933. The normalized spacial score (nSPS) is 17.3. The second-order valence-corrected chi connectivity index (χ2v) is 15.7. The van der Waals surface area contributed by atoms with E-state index in [1.165, 1.54) is 46.2 Å². The number of carbonyl (C=O) groups excluding carboxylic acids is 3. The molecule has 7 rings (SSSR count). The zero-order valence-electron chi connectivity index (χ0n) is 31.0. The molecule has 2 amide bonds. The second-order valence-electron chi connectivity index (χ2n) is 13.8. The highest BCUT2D eigenvalue weighted by Crippen LogP contribution is 2.42. The van der Waals surface area contributed by atoms with Crippen molar-refractivity contribution in [3.8, 4) is 0 Å². The number of oxime groups is 1. The molecule has 0 saturated carbocycles. The van der Waals surface area contributed by atoms with Crippen molar-refractivity contribution in [1.82, 2.24) is 35.4 Å². The Hall–Kier alpha value is -6.13. The number of allylic oxidation sites excluding steroid dienone is 2. The zero-order valence-corrected chi connectivity index (χ0v) is 32.7. The number of fused-ring (bicyclic) bond motifs is 1. The Bertz CT molecular complexity index is 2180. The van der Waals surface area contributed by atoms with E-state index in [1.807, 2.05) is 54.6 Å². The van der Waals surface area contributed by atoms with Crippen LogP contribution in [-0.4, -0.2) is 84.1 Å². The van der Waals surface area contributed by atoms with E-state index < -0.39 is 41.0 Å². The Kier molecular flexibility index (Phi) is 11.1. The fraction of sp³-hybridized carbons (Fsp3) is 0.250. The third kappa shape index (κ3) is 7.83. The number of tetrazole rings is 1. The number of amides is 2. The number of esters is 1. The summed E-state index contributed by atoms with van der Waals surface area (Å²) in [7, 11) is 1.34. The lowest BCUT2D eigenvalue weighted by Crippen LogP contribution is -2.73. The molecule has 2 N–H and O–H groups in total. The number of thiazole rings is 1. The van der Waals surface area contributed by atoms with Crippen molar-refractivity contribution in [2.45, 2.75) is 50.5 Å². The third-order valence-corrected chi connectivity index (χ3v) is 10.9. The van der Waals surface area contributed by atoms with Crippen LogP contribution < -0.4 is 10.6 Å². The fourth-order valence-electron chi connectivity index (χ4n) is 6.58. The summed E-state index contributed by atoms with van der Waals surface area (Å²) < 4.78 is 5.71. The highest BCUT2D eigenvalue weighted by molar-refractivity contribution is 8.03. The molecule has 2 unspecified atom stereocenters. The van der Waals surface area contributed by atoms with Crippen LogP contribution in [0.4, 0.5) is 5.13 Å². The molecule has 4 heterocycles. The Labute approximate surface area is 331 Å². The standard InChI is InChI=1S/C40H39N9O5S2/c1-39(2,3)54-37(52)34-31(21-14-22-48-42-25-41-47-48)55-24-30-33(36(51)49(30)34)44-35(50)32(46-53-4)29-23-56-38(43-29)45-40(26-15-8-5-9-16-26,27-17-10-6-11-18-27)28-19-12-7-13-20-28/h5-21,23,25,30,33H,22,24H2,1-4H3,(H,43,45)(H,44,50)/b21-14+,46-32?. The number of carbonyl (C=O) groups is 3. The molecule has 2 atom stereocenters. The number of anilines is 1. The number of aromatic nitrogens is 5. The number of hydrogen-bond donors (Lipinski definition) is 2. The van der Waals surface area contributed by atoms with Gasteiger partial charge in [-0.25, -0.2) is 9.78 Å². The zero-order chi connectivity index (χ0) is 39.3. The lowest BCUT2D eigenvalue weighted by molar-refractivity contribution is -0.160. The average Bonchev–Trinajstić information content (AvgIpc) is 3.91. The number of rotatable bonds is 13. The Morgan fingerprint density at radius 3 is 2.14 bits per heavy atom.